The third-order valence-electron chi connectivity index (χ3n) is 2.95. The van der Waals surface area contributed by atoms with Gasteiger partial charge in [-0.25, -0.2) is 8.78 Å². The minimum absolute atomic E-state index is 0.250. The smallest absolute Gasteiger partial charge is 0.128 e. The molecular formula is C15H14ClF2N. The molecule has 0 spiro atoms. The van der Waals surface area contributed by atoms with E-state index in [1.54, 1.807) is 18.2 Å². The SMILES string of the molecule is CCC(Nc1cc(F)ccc1Cl)c1ccccc1F. The summed E-state index contributed by atoms with van der Waals surface area (Å²) in [6, 6.07) is 10.4. The Morgan fingerprint density at radius 3 is 2.58 bits per heavy atom. The molecule has 0 radical (unpaired) electrons. The van der Waals surface area contributed by atoms with Crippen LogP contribution in [0.3, 0.4) is 0 Å². The third-order valence-corrected chi connectivity index (χ3v) is 3.28. The highest BCUT2D eigenvalue weighted by Gasteiger charge is 2.14. The van der Waals surface area contributed by atoms with E-state index in [4.69, 9.17) is 11.6 Å². The molecule has 1 atom stereocenters. The van der Waals surface area contributed by atoms with Gasteiger partial charge in [0.15, 0.2) is 0 Å². The van der Waals surface area contributed by atoms with Gasteiger partial charge in [0, 0.05) is 5.56 Å². The standard InChI is InChI=1S/C15H14ClF2N/c1-2-14(11-5-3-4-6-13(11)18)19-15-9-10(17)7-8-12(15)16/h3-9,14,19H,2H2,1H3. The van der Waals surface area contributed by atoms with Crippen LogP contribution in [-0.4, -0.2) is 0 Å². The van der Waals surface area contributed by atoms with Crippen molar-refractivity contribution in [3.8, 4) is 0 Å². The first-order chi connectivity index (χ1) is 9.11. The Bertz CT molecular complexity index is 572. The summed E-state index contributed by atoms with van der Waals surface area (Å²) < 4.78 is 27.0. The fourth-order valence-electron chi connectivity index (χ4n) is 1.95. The number of hydrogen-bond donors (Lipinski definition) is 1. The second-order valence-electron chi connectivity index (χ2n) is 4.25. The molecule has 2 rings (SSSR count). The van der Waals surface area contributed by atoms with E-state index in [1.807, 2.05) is 6.92 Å². The lowest BCUT2D eigenvalue weighted by Crippen LogP contribution is -2.11. The van der Waals surface area contributed by atoms with Crippen molar-refractivity contribution in [1.29, 1.82) is 0 Å². The van der Waals surface area contributed by atoms with E-state index in [0.717, 1.165) is 0 Å². The van der Waals surface area contributed by atoms with E-state index in [9.17, 15) is 8.78 Å². The number of benzene rings is 2. The average Bonchev–Trinajstić information content (AvgIpc) is 2.41. The maximum atomic E-state index is 13.8. The summed E-state index contributed by atoms with van der Waals surface area (Å²) in [6.07, 6.45) is 0.660. The lowest BCUT2D eigenvalue weighted by Gasteiger charge is -2.20. The van der Waals surface area contributed by atoms with Crippen LogP contribution in [0.1, 0.15) is 24.9 Å². The summed E-state index contributed by atoms with van der Waals surface area (Å²) in [5.41, 5.74) is 1.02. The summed E-state index contributed by atoms with van der Waals surface area (Å²) in [6.45, 7) is 1.93. The van der Waals surface area contributed by atoms with E-state index in [0.29, 0.717) is 22.7 Å². The Balaban J connectivity index is 2.29. The van der Waals surface area contributed by atoms with Crippen LogP contribution in [0.5, 0.6) is 0 Å². The van der Waals surface area contributed by atoms with Gasteiger partial charge in [0.05, 0.1) is 16.8 Å². The molecule has 1 N–H and O–H groups in total. The normalized spacial score (nSPS) is 12.2. The number of hydrogen-bond acceptors (Lipinski definition) is 1. The topological polar surface area (TPSA) is 12.0 Å². The first-order valence-electron chi connectivity index (χ1n) is 6.08. The molecule has 4 heteroatoms. The molecule has 0 amide bonds. The van der Waals surface area contributed by atoms with E-state index in [-0.39, 0.29) is 17.7 Å². The number of rotatable bonds is 4. The summed E-state index contributed by atoms with van der Waals surface area (Å²) >= 11 is 6.00. The zero-order valence-corrected chi connectivity index (χ0v) is 11.2. The zero-order chi connectivity index (χ0) is 13.8. The average molecular weight is 282 g/mol. The highest BCUT2D eigenvalue weighted by molar-refractivity contribution is 6.33. The van der Waals surface area contributed by atoms with Crippen LogP contribution in [0.4, 0.5) is 14.5 Å². The minimum Gasteiger partial charge on any atom is -0.377 e. The van der Waals surface area contributed by atoms with Gasteiger partial charge in [0.25, 0.3) is 0 Å². The molecule has 0 aliphatic rings. The zero-order valence-electron chi connectivity index (χ0n) is 10.5. The van der Waals surface area contributed by atoms with Crippen molar-refractivity contribution in [1.82, 2.24) is 0 Å². The Labute approximate surface area is 116 Å². The quantitative estimate of drug-likeness (QED) is 0.814. The van der Waals surface area contributed by atoms with Crippen molar-refractivity contribution < 1.29 is 8.78 Å². The molecule has 100 valence electrons. The van der Waals surface area contributed by atoms with Crippen molar-refractivity contribution in [2.45, 2.75) is 19.4 Å². The van der Waals surface area contributed by atoms with Crippen LogP contribution >= 0.6 is 11.6 Å². The van der Waals surface area contributed by atoms with E-state index in [2.05, 4.69) is 5.32 Å². The largest absolute Gasteiger partial charge is 0.377 e. The third kappa shape index (κ3) is 3.24. The summed E-state index contributed by atoms with van der Waals surface area (Å²) in [4.78, 5) is 0. The van der Waals surface area contributed by atoms with Crippen molar-refractivity contribution >= 4 is 17.3 Å². The van der Waals surface area contributed by atoms with Gasteiger partial charge in [-0.05, 0) is 30.7 Å². The first kappa shape index (κ1) is 13.8. The van der Waals surface area contributed by atoms with Crippen molar-refractivity contribution in [2.75, 3.05) is 5.32 Å². The lowest BCUT2D eigenvalue weighted by atomic mass is 10.0. The molecule has 0 aliphatic carbocycles. The molecule has 0 aromatic heterocycles. The van der Waals surface area contributed by atoms with Crippen molar-refractivity contribution in [3.05, 3.63) is 64.7 Å². The fourth-order valence-corrected chi connectivity index (χ4v) is 2.13. The highest BCUT2D eigenvalue weighted by atomic mass is 35.5. The number of nitrogens with one attached hydrogen (secondary N) is 1. The molecule has 0 heterocycles. The van der Waals surface area contributed by atoms with E-state index >= 15 is 0 Å². The molecule has 19 heavy (non-hydrogen) atoms. The second kappa shape index (κ2) is 6.02. The molecule has 0 aliphatic heterocycles. The highest BCUT2D eigenvalue weighted by Crippen LogP contribution is 2.29. The van der Waals surface area contributed by atoms with Crippen LogP contribution in [0.2, 0.25) is 5.02 Å². The maximum Gasteiger partial charge on any atom is 0.128 e. The Morgan fingerprint density at radius 1 is 1.16 bits per heavy atom. The maximum absolute atomic E-state index is 13.8. The molecule has 0 saturated carbocycles. The summed E-state index contributed by atoms with van der Waals surface area (Å²) in [5, 5.41) is 3.50. The van der Waals surface area contributed by atoms with Crippen LogP contribution in [0.25, 0.3) is 0 Å². The Morgan fingerprint density at radius 2 is 1.89 bits per heavy atom. The fraction of sp³-hybridized carbons (Fsp3) is 0.200. The number of halogens is 3. The Hall–Kier alpha value is -1.61. The second-order valence-corrected chi connectivity index (χ2v) is 4.66. The Kier molecular flexibility index (Phi) is 4.38. The molecule has 1 unspecified atom stereocenters. The predicted molar refractivity (Wildman–Crippen MR) is 74.5 cm³/mol. The molecule has 0 bridgehead atoms. The monoisotopic (exact) mass is 281 g/mol. The summed E-state index contributed by atoms with van der Waals surface area (Å²) in [7, 11) is 0. The van der Waals surface area contributed by atoms with Gasteiger partial charge in [-0.1, -0.05) is 36.7 Å². The minimum atomic E-state index is -0.379. The van der Waals surface area contributed by atoms with Crippen LogP contribution in [0, 0.1) is 11.6 Å². The van der Waals surface area contributed by atoms with Crippen molar-refractivity contribution in [2.24, 2.45) is 0 Å². The summed E-state index contributed by atoms with van der Waals surface area (Å²) in [5.74, 6) is -0.662. The van der Waals surface area contributed by atoms with Gasteiger partial charge in [-0.15, -0.1) is 0 Å². The molecule has 0 saturated heterocycles. The molecule has 2 aromatic carbocycles. The van der Waals surface area contributed by atoms with E-state index in [1.165, 1.54) is 24.3 Å². The van der Waals surface area contributed by atoms with Crippen LogP contribution in [0.15, 0.2) is 42.5 Å². The van der Waals surface area contributed by atoms with Crippen molar-refractivity contribution in [3.63, 3.8) is 0 Å². The van der Waals surface area contributed by atoms with Crippen LogP contribution in [-0.2, 0) is 0 Å². The lowest BCUT2D eigenvalue weighted by molar-refractivity contribution is 0.587. The molecule has 0 fully saturated rings. The van der Waals surface area contributed by atoms with Gasteiger partial charge in [0.2, 0.25) is 0 Å². The molecule has 2 aromatic rings. The van der Waals surface area contributed by atoms with Gasteiger partial charge in [-0.2, -0.15) is 0 Å². The van der Waals surface area contributed by atoms with E-state index < -0.39 is 0 Å². The number of anilines is 1. The van der Waals surface area contributed by atoms with Gasteiger partial charge < -0.3 is 5.32 Å². The first-order valence-corrected chi connectivity index (χ1v) is 6.45. The predicted octanol–water partition coefficient (Wildman–Crippen LogP) is 5.18. The van der Waals surface area contributed by atoms with Crippen LogP contribution < -0.4 is 5.32 Å². The van der Waals surface area contributed by atoms with Gasteiger partial charge in [0.1, 0.15) is 11.6 Å². The molecule has 1 nitrogen and oxygen atoms in total. The van der Waals surface area contributed by atoms with Gasteiger partial charge >= 0.3 is 0 Å². The van der Waals surface area contributed by atoms with Gasteiger partial charge in [-0.3, -0.25) is 0 Å². The molecular weight excluding hydrogens is 268 g/mol.